The second-order valence-corrected chi connectivity index (χ2v) is 6.66. The number of nitrogen functional groups attached to an aromatic ring is 1. The molecule has 0 bridgehead atoms. The fraction of sp³-hybridized carbons (Fsp3) is 0.308. The van der Waals surface area contributed by atoms with Gasteiger partial charge in [-0.15, -0.1) is 22.0 Å². The molecule has 0 saturated carbocycles. The number of nitrogens with zero attached hydrogens (tertiary/aromatic N) is 2. The quantitative estimate of drug-likeness (QED) is 0.655. The molecular formula is C13H16N4OS2. The van der Waals surface area contributed by atoms with Crippen molar-refractivity contribution >= 4 is 39.8 Å². The van der Waals surface area contributed by atoms with Crippen molar-refractivity contribution in [3.63, 3.8) is 0 Å². The van der Waals surface area contributed by atoms with Gasteiger partial charge in [-0.3, -0.25) is 10.1 Å². The number of rotatable bonds is 5. The van der Waals surface area contributed by atoms with Crippen molar-refractivity contribution in [2.45, 2.75) is 30.4 Å². The Morgan fingerprint density at radius 1 is 1.50 bits per heavy atom. The summed E-state index contributed by atoms with van der Waals surface area (Å²) in [4.78, 5) is 13.2. The van der Waals surface area contributed by atoms with E-state index in [9.17, 15) is 4.79 Å². The average molecular weight is 308 g/mol. The molecule has 0 radical (unpaired) electrons. The van der Waals surface area contributed by atoms with Crippen molar-refractivity contribution < 1.29 is 4.79 Å². The van der Waals surface area contributed by atoms with Gasteiger partial charge in [0, 0.05) is 10.6 Å². The minimum atomic E-state index is -0.180. The van der Waals surface area contributed by atoms with Gasteiger partial charge in [0.25, 0.3) is 0 Å². The molecule has 0 aliphatic rings. The predicted molar refractivity (Wildman–Crippen MR) is 84.1 cm³/mol. The number of amides is 1. The van der Waals surface area contributed by atoms with Crippen LogP contribution in [0.15, 0.2) is 29.2 Å². The molecule has 1 aromatic heterocycles. The summed E-state index contributed by atoms with van der Waals surface area (Å²) in [6.07, 6.45) is 0.725. The number of anilines is 2. The normalized spacial score (nSPS) is 12.1. The van der Waals surface area contributed by atoms with Crippen LogP contribution in [0.1, 0.15) is 18.4 Å². The van der Waals surface area contributed by atoms with Crippen LogP contribution in [0.2, 0.25) is 0 Å². The molecule has 1 unspecified atom stereocenters. The SMILES string of the molecule is CCC(Sc1cccc(N)c1)C(=O)Nc1nnc(C)s1. The van der Waals surface area contributed by atoms with Gasteiger partial charge in [-0.25, -0.2) is 0 Å². The van der Waals surface area contributed by atoms with Crippen LogP contribution in [-0.2, 0) is 4.79 Å². The Kier molecular flexibility index (Phi) is 4.97. The Morgan fingerprint density at radius 3 is 2.90 bits per heavy atom. The molecular weight excluding hydrogens is 292 g/mol. The Labute approximate surface area is 126 Å². The minimum Gasteiger partial charge on any atom is -0.399 e. The fourth-order valence-corrected chi connectivity index (χ4v) is 3.22. The van der Waals surface area contributed by atoms with E-state index >= 15 is 0 Å². The maximum absolute atomic E-state index is 12.2. The number of hydrogen-bond donors (Lipinski definition) is 2. The lowest BCUT2D eigenvalue weighted by Gasteiger charge is -2.13. The van der Waals surface area contributed by atoms with Gasteiger partial charge < -0.3 is 5.73 Å². The van der Waals surface area contributed by atoms with Crippen LogP contribution in [0, 0.1) is 6.92 Å². The molecule has 1 amide bonds. The van der Waals surface area contributed by atoms with Gasteiger partial charge in [0.1, 0.15) is 5.01 Å². The van der Waals surface area contributed by atoms with Gasteiger partial charge in [0.2, 0.25) is 11.0 Å². The largest absolute Gasteiger partial charge is 0.399 e. The van der Waals surface area contributed by atoms with E-state index in [4.69, 9.17) is 5.73 Å². The zero-order chi connectivity index (χ0) is 14.5. The molecule has 3 N–H and O–H groups in total. The molecule has 0 saturated heterocycles. The minimum absolute atomic E-state index is 0.0592. The van der Waals surface area contributed by atoms with Crippen LogP contribution in [0.4, 0.5) is 10.8 Å². The standard InChI is InChI=1S/C13H16N4OS2/c1-3-11(20-10-6-4-5-9(14)7-10)12(18)15-13-17-16-8(2)19-13/h4-7,11H,3,14H2,1-2H3,(H,15,17,18). The lowest BCUT2D eigenvalue weighted by molar-refractivity contribution is -0.115. The lowest BCUT2D eigenvalue weighted by Crippen LogP contribution is -2.24. The molecule has 1 atom stereocenters. The summed E-state index contributed by atoms with van der Waals surface area (Å²) >= 11 is 2.87. The zero-order valence-electron chi connectivity index (χ0n) is 11.3. The second kappa shape index (κ2) is 6.71. The zero-order valence-corrected chi connectivity index (χ0v) is 12.9. The highest BCUT2D eigenvalue weighted by atomic mass is 32.2. The Balaban J connectivity index is 2.02. The van der Waals surface area contributed by atoms with Gasteiger partial charge >= 0.3 is 0 Å². The van der Waals surface area contributed by atoms with Crippen LogP contribution in [-0.4, -0.2) is 21.4 Å². The number of aromatic nitrogens is 2. The number of aryl methyl sites for hydroxylation is 1. The molecule has 7 heteroatoms. The number of nitrogens with two attached hydrogens (primary N) is 1. The third-order valence-electron chi connectivity index (χ3n) is 2.56. The number of carbonyl (C=O) groups excluding carboxylic acids is 1. The molecule has 0 aliphatic carbocycles. The number of hydrogen-bond acceptors (Lipinski definition) is 6. The van der Waals surface area contributed by atoms with Crippen LogP contribution in [0.3, 0.4) is 0 Å². The third-order valence-corrected chi connectivity index (χ3v) is 4.67. The van der Waals surface area contributed by atoms with E-state index in [1.165, 1.54) is 23.1 Å². The fourth-order valence-electron chi connectivity index (χ4n) is 1.61. The Bertz CT molecular complexity index is 600. The first kappa shape index (κ1) is 14.8. The molecule has 0 fully saturated rings. The smallest absolute Gasteiger partial charge is 0.239 e. The molecule has 1 aromatic carbocycles. The summed E-state index contributed by atoms with van der Waals surface area (Å²) in [6, 6.07) is 7.53. The highest BCUT2D eigenvalue weighted by Crippen LogP contribution is 2.28. The third kappa shape index (κ3) is 3.94. The second-order valence-electron chi connectivity index (χ2n) is 4.20. The predicted octanol–water partition coefficient (Wildman–Crippen LogP) is 2.94. The van der Waals surface area contributed by atoms with Crippen LogP contribution in [0.25, 0.3) is 0 Å². The Hall–Kier alpha value is -1.60. The van der Waals surface area contributed by atoms with E-state index in [2.05, 4.69) is 15.5 Å². The van der Waals surface area contributed by atoms with Gasteiger partial charge in [-0.1, -0.05) is 24.3 Å². The monoisotopic (exact) mass is 308 g/mol. The molecule has 5 nitrogen and oxygen atoms in total. The van der Waals surface area contributed by atoms with Crippen molar-refractivity contribution in [3.8, 4) is 0 Å². The first-order valence-corrected chi connectivity index (χ1v) is 7.91. The molecule has 1 heterocycles. The lowest BCUT2D eigenvalue weighted by atomic mass is 10.3. The highest BCUT2D eigenvalue weighted by Gasteiger charge is 2.19. The van der Waals surface area contributed by atoms with E-state index < -0.39 is 0 Å². The van der Waals surface area contributed by atoms with Gasteiger partial charge in [-0.05, 0) is 31.5 Å². The summed E-state index contributed by atoms with van der Waals surface area (Å²) < 4.78 is 0. The maximum Gasteiger partial charge on any atom is 0.239 e. The molecule has 2 rings (SSSR count). The first-order valence-electron chi connectivity index (χ1n) is 6.21. The van der Waals surface area contributed by atoms with E-state index in [1.54, 1.807) is 0 Å². The topological polar surface area (TPSA) is 80.9 Å². The van der Waals surface area contributed by atoms with Crippen molar-refractivity contribution in [1.82, 2.24) is 10.2 Å². The summed E-state index contributed by atoms with van der Waals surface area (Å²) in [5.74, 6) is -0.0592. The van der Waals surface area contributed by atoms with E-state index in [0.717, 1.165) is 16.3 Å². The van der Waals surface area contributed by atoms with Crippen molar-refractivity contribution in [3.05, 3.63) is 29.3 Å². The van der Waals surface area contributed by atoms with Gasteiger partial charge in [-0.2, -0.15) is 0 Å². The summed E-state index contributed by atoms with van der Waals surface area (Å²) in [5, 5.41) is 11.8. The molecule has 106 valence electrons. The average Bonchev–Trinajstić information content (AvgIpc) is 2.81. The van der Waals surface area contributed by atoms with Crippen LogP contribution in [0.5, 0.6) is 0 Å². The summed E-state index contributed by atoms with van der Waals surface area (Å²) in [6.45, 7) is 3.83. The van der Waals surface area contributed by atoms with Gasteiger partial charge in [0.05, 0.1) is 5.25 Å². The summed E-state index contributed by atoms with van der Waals surface area (Å²) in [5.41, 5.74) is 6.45. The van der Waals surface area contributed by atoms with Crippen LogP contribution >= 0.6 is 23.1 Å². The van der Waals surface area contributed by atoms with Crippen molar-refractivity contribution in [1.29, 1.82) is 0 Å². The van der Waals surface area contributed by atoms with Crippen molar-refractivity contribution in [2.75, 3.05) is 11.1 Å². The number of thioether (sulfide) groups is 1. The van der Waals surface area contributed by atoms with Gasteiger partial charge in [0.15, 0.2) is 0 Å². The summed E-state index contributed by atoms with van der Waals surface area (Å²) in [7, 11) is 0. The van der Waals surface area contributed by atoms with Crippen molar-refractivity contribution in [2.24, 2.45) is 0 Å². The molecule has 0 spiro atoms. The molecule has 0 aliphatic heterocycles. The van der Waals surface area contributed by atoms with E-state index in [-0.39, 0.29) is 11.2 Å². The Morgan fingerprint density at radius 2 is 2.30 bits per heavy atom. The highest BCUT2D eigenvalue weighted by molar-refractivity contribution is 8.00. The number of benzene rings is 1. The maximum atomic E-state index is 12.2. The number of carbonyl (C=O) groups is 1. The van der Waals surface area contributed by atoms with E-state index in [0.29, 0.717) is 10.8 Å². The first-order chi connectivity index (χ1) is 9.58. The molecule has 2 aromatic rings. The number of nitrogens with one attached hydrogen (secondary N) is 1. The molecule has 20 heavy (non-hydrogen) atoms. The van der Waals surface area contributed by atoms with E-state index in [1.807, 2.05) is 38.1 Å². The van der Waals surface area contributed by atoms with Crippen LogP contribution < -0.4 is 11.1 Å².